The van der Waals surface area contributed by atoms with E-state index in [2.05, 4.69) is 10.3 Å². The zero-order valence-corrected chi connectivity index (χ0v) is 11.2. The maximum Gasteiger partial charge on any atom is 0.227 e. The first kappa shape index (κ1) is 12.3. The van der Waals surface area contributed by atoms with Gasteiger partial charge in [0.25, 0.3) is 0 Å². The van der Waals surface area contributed by atoms with Gasteiger partial charge in [-0.15, -0.1) is 11.3 Å². The highest BCUT2D eigenvalue weighted by Crippen LogP contribution is 2.22. The summed E-state index contributed by atoms with van der Waals surface area (Å²) in [4.78, 5) is 16.4. The topological polar surface area (TPSA) is 68.0 Å². The van der Waals surface area contributed by atoms with Crippen LogP contribution in [-0.2, 0) is 11.3 Å². The van der Waals surface area contributed by atoms with Gasteiger partial charge in [-0.1, -0.05) is 24.3 Å². The number of hydrogen-bond acceptors (Lipinski definition) is 4. The monoisotopic (exact) mass is 273 g/mol. The molecule has 19 heavy (non-hydrogen) atoms. The summed E-state index contributed by atoms with van der Waals surface area (Å²) >= 11 is 1.61. The molecule has 0 fully saturated rings. The molecule has 1 aromatic heterocycles. The lowest BCUT2D eigenvalue weighted by Gasteiger charge is -2.09. The van der Waals surface area contributed by atoms with Crippen molar-refractivity contribution in [3.63, 3.8) is 0 Å². The number of nitrogens with zero attached hydrogens (tertiary/aromatic N) is 1. The average molecular weight is 273 g/mol. The number of aromatic nitrogens is 1. The molecule has 0 saturated carbocycles. The van der Waals surface area contributed by atoms with E-state index < -0.39 is 0 Å². The van der Waals surface area contributed by atoms with Crippen molar-refractivity contribution in [2.24, 2.45) is 11.7 Å². The normalized spacial score (nSPS) is 21.9. The Balaban J connectivity index is 1.63. The van der Waals surface area contributed by atoms with E-state index in [1.165, 1.54) is 0 Å². The summed E-state index contributed by atoms with van der Waals surface area (Å²) < 4.78 is 1.15. The van der Waals surface area contributed by atoms with Crippen molar-refractivity contribution in [3.05, 3.63) is 41.4 Å². The number of carbonyl (C=O) groups excluding carboxylic acids is 1. The molecule has 2 atom stereocenters. The average Bonchev–Trinajstić information content (AvgIpc) is 3.01. The smallest absolute Gasteiger partial charge is 0.227 e. The van der Waals surface area contributed by atoms with E-state index in [-0.39, 0.29) is 17.9 Å². The van der Waals surface area contributed by atoms with Gasteiger partial charge in [0.1, 0.15) is 5.01 Å². The Morgan fingerprint density at radius 3 is 3.00 bits per heavy atom. The minimum absolute atomic E-state index is 0.0122. The maximum atomic E-state index is 11.9. The molecule has 2 aromatic rings. The van der Waals surface area contributed by atoms with E-state index in [1.54, 1.807) is 11.3 Å². The standard InChI is InChI=1S/C14H15N3OS/c15-10-6-5-9(7-10)14(18)16-8-13-17-11-3-1-2-4-12(11)19-13/h1-6,9-10H,7-8,15H2,(H,16,18). The molecule has 0 radical (unpaired) electrons. The van der Waals surface area contributed by atoms with Gasteiger partial charge in [-0.3, -0.25) is 4.79 Å². The molecule has 1 aliphatic rings. The minimum Gasteiger partial charge on any atom is -0.349 e. The number of benzene rings is 1. The Morgan fingerprint density at radius 1 is 1.42 bits per heavy atom. The Bertz CT molecular complexity index is 601. The van der Waals surface area contributed by atoms with Crippen molar-refractivity contribution in [2.45, 2.75) is 19.0 Å². The van der Waals surface area contributed by atoms with Crippen LogP contribution in [0.25, 0.3) is 10.2 Å². The van der Waals surface area contributed by atoms with Crippen molar-refractivity contribution < 1.29 is 4.79 Å². The van der Waals surface area contributed by atoms with Crippen molar-refractivity contribution in [1.82, 2.24) is 10.3 Å². The summed E-state index contributed by atoms with van der Waals surface area (Å²) in [7, 11) is 0. The molecule has 0 aliphatic heterocycles. The van der Waals surface area contributed by atoms with Gasteiger partial charge in [0, 0.05) is 6.04 Å². The molecule has 3 N–H and O–H groups in total. The van der Waals surface area contributed by atoms with Crippen molar-refractivity contribution >= 4 is 27.5 Å². The first-order chi connectivity index (χ1) is 9.22. The van der Waals surface area contributed by atoms with Gasteiger partial charge in [0.2, 0.25) is 5.91 Å². The van der Waals surface area contributed by atoms with Crippen LogP contribution in [0.3, 0.4) is 0 Å². The van der Waals surface area contributed by atoms with Gasteiger partial charge in [-0.2, -0.15) is 0 Å². The number of fused-ring (bicyclic) bond motifs is 1. The highest BCUT2D eigenvalue weighted by molar-refractivity contribution is 7.18. The molecule has 3 rings (SSSR count). The van der Waals surface area contributed by atoms with Crippen molar-refractivity contribution in [3.8, 4) is 0 Å². The highest BCUT2D eigenvalue weighted by Gasteiger charge is 2.22. The molecule has 0 bridgehead atoms. The van der Waals surface area contributed by atoms with Gasteiger partial charge in [0.15, 0.2) is 0 Å². The molecule has 1 heterocycles. The Hall–Kier alpha value is -1.72. The van der Waals surface area contributed by atoms with Gasteiger partial charge in [-0.05, 0) is 18.6 Å². The van der Waals surface area contributed by atoms with Crippen LogP contribution in [0.15, 0.2) is 36.4 Å². The highest BCUT2D eigenvalue weighted by atomic mass is 32.1. The third-order valence-corrected chi connectivity index (χ3v) is 4.24. The number of carbonyl (C=O) groups is 1. The first-order valence-electron chi connectivity index (χ1n) is 6.28. The fourth-order valence-corrected chi connectivity index (χ4v) is 3.12. The van der Waals surface area contributed by atoms with Crippen LogP contribution in [0.2, 0.25) is 0 Å². The lowest BCUT2D eigenvalue weighted by atomic mass is 10.1. The van der Waals surface area contributed by atoms with Gasteiger partial charge in [0.05, 0.1) is 22.7 Å². The molecule has 1 aliphatic carbocycles. The van der Waals surface area contributed by atoms with Crippen LogP contribution in [0, 0.1) is 5.92 Å². The van der Waals surface area contributed by atoms with Gasteiger partial charge in [-0.25, -0.2) is 4.98 Å². The fraction of sp³-hybridized carbons (Fsp3) is 0.286. The number of nitrogens with two attached hydrogens (primary N) is 1. The molecule has 1 amide bonds. The summed E-state index contributed by atoms with van der Waals surface area (Å²) in [6, 6.07) is 7.99. The molecule has 0 saturated heterocycles. The molecule has 4 nitrogen and oxygen atoms in total. The summed E-state index contributed by atoms with van der Waals surface area (Å²) in [5.41, 5.74) is 6.73. The van der Waals surface area contributed by atoms with Crippen LogP contribution in [0.1, 0.15) is 11.4 Å². The second kappa shape index (κ2) is 5.11. The number of amides is 1. The minimum atomic E-state index is -0.0932. The van der Waals surface area contributed by atoms with Crippen LogP contribution < -0.4 is 11.1 Å². The van der Waals surface area contributed by atoms with E-state index in [1.807, 2.05) is 36.4 Å². The molecule has 1 aromatic carbocycles. The van der Waals surface area contributed by atoms with Crippen LogP contribution >= 0.6 is 11.3 Å². The SMILES string of the molecule is NC1C=CC(C(=O)NCc2nc3ccccc3s2)C1. The number of nitrogens with one attached hydrogen (secondary N) is 1. The summed E-state index contributed by atoms with van der Waals surface area (Å²) in [5.74, 6) is -0.0622. The van der Waals surface area contributed by atoms with Gasteiger partial charge >= 0.3 is 0 Å². The van der Waals surface area contributed by atoms with Crippen molar-refractivity contribution in [2.75, 3.05) is 0 Å². The summed E-state index contributed by atoms with van der Waals surface area (Å²) in [6.45, 7) is 0.484. The third kappa shape index (κ3) is 2.67. The van der Waals surface area contributed by atoms with Crippen molar-refractivity contribution in [1.29, 1.82) is 0 Å². The van der Waals surface area contributed by atoms with Crippen LogP contribution in [-0.4, -0.2) is 16.9 Å². The summed E-state index contributed by atoms with van der Waals surface area (Å²) in [5, 5.41) is 3.86. The van der Waals surface area contributed by atoms with E-state index in [9.17, 15) is 4.79 Å². The van der Waals surface area contributed by atoms with Gasteiger partial charge < -0.3 is 11.1 Å². The fourth-order valence-electron chi connectivity index (χ4n) is 2.21. The lowest BCUT2D eigenvalue weighted by Crippen LogP contribution is -2.30. The molecular formula is C14H15N3OS. The van der Waals surface area contributed by atoms with E-state index in [4.69, 9.17) is 5.73 Å². The second-order valence-corrected chi connectivity index (χ2v) is 5.80. The molecular weight excluding hydrogens is 258 g/mol. The quantitative estimate of drug-likeness (QED) is 0.838. The maximum absolute atomic E-state index is 11.9. The zero-order valence-electron chi connectivity index (χ0n) is 10.4. The number of rotatable bonds is 3. The van der Waals surface area contributed by atoms with E-state index in [0.29, 0.717) is 13.0 Å². The number of hydrogen-bond donors (Lipinski definition) is 2. The lowest BCUT2D eigenvalue weighted by molar-refractivity contribution is -0.123. The molecule has 5 heteroatoms. The summed E-state index contributed by atoms with van der Waals surface area (Å²) in [6.07, 6.45) is 4.48. The zero-order chi connectivity index (χ0) is 13.2. The Morgan fingerprint density at radius 2 is 2.26 bits per heavy atom. The van der Waals surface area contributed by atoms with E-state index >= 15 is 0 Å². The van der Waals surface area contributed by atoms with Crippen LogP contribution in [0.4, 0.5) is 0 Å². The molecule has 0 spiro atoms. The molecule has 98 valence electrons. The first-order valence-corrected chi connectivity index (χ1v) is 7.10. The predicted octanol–water partition coefficient (Wildman–Crippen LogP) is 1.82. The molecule has 2 unspecified atom stereocenters. The second-order valence-electron chi connectivity index (χ2n) is 4.68. The third-order valence-electron chi connectivity index (χ3n) is 3.21. The number of para-hydroxylation sites is 1. The Labute approximate surface area is 115 Å². The van der Waals surface area contributed by atoms with E-state index in [0.717, 1.165) is 15.2 Å². The van der Waals surface area contributed by atoms with Crippen LogP contribution in [0.5, 0.6) is 0 Å². The predicted molar refractivity (Wildman–Crippen MR) is 76.7 cm³/mol. The Kier molecular flexibility index (Phi) is 3.31. The largest absolute Gasteiger partial charge is 0.349 e. The number of thiazole rings is 1.